The van der Waals surface area contributed by atoms with Crippen molar-refractivity contribution in [3.05, 3.63) is 11.6 Å². The van der Waals surface area contributed by atoms with Gasteiger partial charge in [0.15, 0.2) is 0 Å². The predicted molar refractivity (Wildman–Crippen MR) is 102 cm³/mol. The van der Waals surface area contributed by atoms with E-state index < -0.39 is 0 Å². The van der Waals surface area contributed by atoms with E-state index in [-0.39, 0.29) is 0 Å². The van der Waals surface area contributed by atoms with Crippen LogP contribution in [0.2, 0.25) is 0 Å². The van der Waals surface area contributed by atoms with Crippen molar-refractivity contribution in [2.45, 2.75) is 77.7 Å². The minimum absolute atomic E-state index is 0.295. The number of rotatable bonds is 5. The van der Waals surface area contributed by atoms with E-state index in [9.17, 15) is 4.79 Å². The number of piperidine rings is 1. The highest BCUT2D eigenvalue weighted by molar-refractivity contribution is 5.92. The number of nitrogens with zero attached hydrogens (tertiary/aromatic N) is 2. The third-order valence-electron chi connectivity index (χ3n) is 7.91. The Morgan fingerprint density at radius 1 is 1.08 bits per heavy atom. The molecule has 0 bridgehead atoms. The summed E-state index contributed by atoms with van der Waals surface area (Å²) >= 11 is 0. The van der Waals surface area contributed by atoms with Gasteiger partial charge in [0, 0.05) is 19.2 Å². The summed E-state index contributed by atoms with van der Waals surface area (Å²) in [5.41, 5.74) is 1.87. The first-order chi connectivity index (χ1) is 12.1. The summed E-state index contributed by atoms with van der Waals surface area (Å²) < 4.78 is 0. The van der Waals surface area contributed by atoms with Gasteiger partial charge in [0.25, 0.3) is 0 Å². The first-order valence-corrected chi connectivity index (χ1v) is 10.8. The highest BCUT2D eigenvalue weighted by Crippen LogP contribution is 2.53. The molecule has 140 valence electrons. The van der Waals surface area contributed by atoms with Crippen LogP contribution in [0.25, 0.3) is 0 Å². The van der Waals surface area contributed by atoms with Crippen LogP contribution in [0.15, 0.2) is 11.6 Å². The van der Waals surface area contributed by atoms with Crippen LogP contribution in [0.5, 0.6) is 0 Å². The number of fused-ring (bicyclic) bond motifs is 1. The maximum atomic E-state index is 12.4. The van der Waals surface area contributed by atoms with Gasteiger partial charge < -0.3 is 9.80 Å². The lowest BCUT2D eigenvalue weighted by molar-refractivity contribution is -0.127. The Bertz CT molecular complexity index is 532. The maximum Gasteiger partial charge on any atom is 0.247 e. The molecule has 0 spiro atoms. The van der Waals surface area contributed by atoms with Gasteiger partial charge in [-0.3, -0.25) is 4.79 Å². The summed E-state index contributed by atoms with van der Waals surface area (Å²) in [6.07, 6.45) is 13.7. The second kappa shape index (κ2) is 7.06. The number of amides is 1. The molecule has 0 aromatic rings. The molecule has 3 heteroatoms. The molecule has 2 aliphatic heterocycles. The topological polar surface area (TPSA) is 23.6 Å². The molecular formula is C22H36N2O. The summed E-state index contributed by atoms with van der Waals surface area (Å²) in [6.45, 7) is 9.87. The van der Waals surface area contributed by atoms with Gasteiger partial charge in [-0.05, 0) is 80.9 Å². The van der Waals surface area contributed by atoms with Crippen molar-refractivity contribution >= 4 is 5.91 Å². The zero-order valence-corrected chi connectivity index (χ0v) is 16.3. The van der Waals surface area contributed by atoms with Crippen molar-refractivity contribution in [2.24, 2.45) is 17.3 Å². The molecule has 1 amide bonds. The van der Waals surface area contributed by atoms with Gasteiger partial charge in [-0.1, -0.05) is 26.7 Å². The van der Waals surface area contributed by atoms with E-state index in [0.717, 1.165) is 24.8 Å². The largest absolute Gasteiger partial charge is 0.332 e. The Hall–Kier alpha value is -0.830. The van der Waals surface area contributed by atoms with Crippen LogP contribution < -0.4 is 0 Å². The number of likely N-dealkylation sites (tertiary alicyclic amines) is 1. The second-order valence-electron chi connectivity index (χ2n) is 9.61. The van der Waals surface area contributed by atoms with Gasteiger partial charge in [0.2, 0.25) is 5.91 Å². The van der Waals surface area contributed by atoms with Gasteiger partial charge in [0.1, 0.15) is 0 Å². The summed E-state index contributed by atoms with van der Waals surface area (Å²) in [4.78, 5) is 17.3. The van der Waals surface area contributed by atoms with Crippen LogP contribution in [0, 0.1) is 17.3 Å². The first-order valence-electron chi connectivity index (χ1n) is 10.8. The first kappa shape index (κ1) is 17.6. The van der Waals surface area contributed by atoms with Gasteiger partial charge in [-0.2, -0.15) is 0 Å². The molecule has 3 nitrogen and oxygen atoms in total. The molecule has 2 saturated carbocycles. The molecule has 0 aromatic carbocycles. The van der Waals surface area contributed by atoms with Gasteiger partial charge in [0.05, 0.1) is 6.04 Å². The van der Waals surface area contributed by atoms with Crippen molar-refractivity contribution < 1.29 is 4.79 Å². The fourth-order valence-corrected chi connectivity index (χ4v) is 5.88. The lowest BCUT2D eigenvalue weighted by Crippen LogP contribution is -2.52. The molecule has 0 N–H and O–H groups in total. The predicted octanol–water partition coefficient (Wildman–Crippen LogP) is 4.24. The van der Waals surface area contributed by atoms with Crippen LogP contribution in [-0.4, -0.2) is 47.9 Å². The molecular weight excluding hydrogens is 308 g/mol. The van der Waals surface area contributed by atoms with E-state index in [0.29, 0.717) is 17.4 Å². The lowest BCUT2D eigenvalue weighted by Gasteiger charge is -2.54. The highest BCUT2D eigenvalue weighted by Gasteiger charge is 2.48. The molecule has 4 rings (SSSR count). The summed E-state index contributed by atoms with van der Waals surface area (Å²) in [7, 11) is 0. The van der Waals surface area contributed by atoms with Crippen molar-refractivity contribution in [2.75, 3.05) is 26.2 Å². The molecule has 25 heavy (non-hydrogen) atoms. The summed E-state index contributed by atoms with van der Waals surface area (Å²) in [5.74, 6) is 1.94. The molecule has 0 radical (unpaired) electrons. The average molecular weight is 345 g/mol. The van der Waals surface area contributed by atoms with Gasteiger partial charge in [-0.15, -0.1) is 0 Å². The lowest BCUT2D eigenvalue weighted by atomic mass is 9.53. The van der Waals surface area contributed by atoms with Gasteiger partial charge in [-0.25, -0.2) is 0 Å². The molecule has 1 saturated heterocycles. The maximum absolute atomic E-state index is 12.4. The van der Waals surface area contributed by atoms with E-state index in [1.54, 1.807) is 0 Å². The Kier molecular flexibility index (Phi) is 4.96. The smallest absolute Gasteiger partial charge is 0.247 e. The van der Waals surface area contributed by atoms with Crippen molar-refractivity contribution in [3.63, 3.8) is 0 Å². The summed E-state index contributed by atoms with van der Waals surface area (Å²) in [5, 5.41) is 0. The minimum atomic E-state index is 0.295. The average Bonchev–Trinajstić information content (AvgIpc) is 2.93. The van der Waals surface area contributed by atoms with E-state index in [1.807, 2.05) is 6.08 Å². The molecule has 4 aliphatic rings. The number of carbonyl (C=O) groups is 1. The number of hydrogen-bond donors (Lipinski definition) is 0. The Labute approximate surface area is 153 Å². The monoisotopic (exact) mass is 344 g/mol. The Morgan fingerprint density at radius 2 is 1.88 bits per heavy atom. The molecule has 2 aliphatic carbocycles. The fourth-order valence-electron chi connectivity index (χ4n) is 5.88. The third-order valence-corrected chi connectivity index (χ3v) is 7.91. The van der Waals surface area contributed by atoms with Crippen LogP contribution in [0.3, 0.4) is 0 Å². The molecule has 0 aromatic heterocycles. The zero-order valence-electron chi connectivity index (χ0n) is 16.3. The van der Waals surface area contributed by atoms with E-state index >= 15 is 0 Å². The highest BCUT2D eigenvalue weighted by atomic mass is 16.2. The Balaban J connectivity index is 1.27. The van der Waals surface area contributed by atoms with Crippen LogP contribution in [0.4, 0.5) is 0 Å². The van der Waals surface area contributed by atoms with E-state index in [1.165, 1.54) is 76.6 Å². The third kappa shape index (κ3) is 3.41. The normalized spacial score (nSPS) is 35.3. The quantitative estimate of drug-likeness (QED) is 0.745. The van der Waals surface area contributed by atoms with Crippen LogP contribution in [-0.2, 0) is 4.79 Å². The van der Waals surface area contributed by atoms with Crippen LogP contribution >= 0.6 is 0 Å². The van der Waals surface area contributed by atoms with Crippen molar-refractivity contribution in [3.8, 4) is 0 Å². The van der Waals surface area contributed by atoms with Gasteiger partial charge >= 0.3 is 0 Å². The number of carbonyl (C=O) groups excluding carboxylic acids is 1. The second-order valence-corrected chi connectivity index (χ2v) is 9.61. The van der Waals surface area contributed by atoms with Crippen molar-refractivity contribution in [1.29, 1.82) is 0 Å². The molecule has 1 unspecified atom stereocenters. The SMILES string of the molecule is CC1(C)[C@@H](CCN2C(=O)C=C3CCCCC32)C[C@H]1CN1CCCCC1. The van der Waals surface area contributed by atoms with Crippen molar-refractivity contribution in [1.82, 2.24) is 9.80 Å². The molecule has 3 atom stereocenters. The van der Waals surface area contributed by atoms with E-state index in [4.69, 9.17) is 0 Å². The fraction of sp³-hybridized carbons (Fsp3) is 0.864. The van der Waals surface area contributed by atoms with E-state index in [2.05, 4.69) is 23.6 Å². The standard InChI is InChI=1S/C22H36N2O/c1-22(2)18(15-19(22)16-23-11-6-3-7-12-23)10-13-24-20-9-5-4-8-17(20)14-21(24)25/h14,18-20H,3-13,15-16H2,1-2H3/t18-,19-,20?/m0/s1. The Morgan fingerprint density at radius 3 is 2.64 bits per heavy atom. The zero-order chi connectivity index (χ0) is 17.4. The molecule has 2 heterocycles. The number of hydrogen-bond acceptors (Lipinski definition) is 2. The molecule has 3 fully saturated rings. The van der Waals surface area contributed by atoms with Crippen LogP contribution in [0.1, 0.15) is 71.6 Å². The summed E-state index contributed by atoms with van der Waals surface area (Å²) in [6, 6.07) is 0.452. The minimum Gasteiger partial charge on any atom is -0.332 e.